The van der Waals surface area contributed by atoms with E-state index < -0.39 is 32.3 Å². The summed E-state index contributed by atoms with van der Waals surface area (Å²) in [6, 6.07) is 0. The summed E-state index contributed by atoms with van der Waals surface area (Å²) in [5.41, 5.74) is -0.0628. The van der Waals surface area contributed by atoms with Crippen LogP contribution < -0.4 is 5.79 Å². The van der Waals surface area contributed by atoms with Gasteiger partial charge in [-0.25, -0.2) is 15.0 Å². The van der Waals surface area contributed by atoms with Crippen LogP contribution in [0.15, 0.2) is 38.7 Å². The fourth-order valence-corrected chi connectivity index (χ4v) is 4.76. The van der Waals surface area contributed by atoms with E-state index in [0.717, 1.165) is 0 Å². The number of nitrogens with zero attached hydrogens (tertiary/aromatic N) is 6. The van der Waals surface area contributed by atoms with E-state index in [2.05, 4.69) is 45.8 Å². The fourth-order valence-electron chi connectivity index (χ4n) is 4.41. The molecule has 7 rings (SSSR count). The first-order chi connectivity index (χ1) is 21.1. The highest BCUT2D eigenvalue weighted by Crippen LogP contribution is 2.43. The van der Waals surface area contributed by atoms with Crippen LogP contribution in [0.25, 0.3) is 22.5 Å². The zero-order valence-corrected chi connectivity index (χ0v) is 30.0. The van der Waals surface area contributed by atoms with E-state index in [0.29, 0.717) is 33.1 Å². The van der Waals surface area contributed by atoms with Gasteiger partial charge in [0.15, 0.2) is 0 Å². The standard InChI is InChI=1S/C12H24B2O4.C11H14BN3O3.C5H2BrN3O/c1-9(2)10(3,4)16-13(15-9)14-17-11(5,6)12(7,8)18-14;1-10(2)11(3,4)18-12(17-10)9-15-7-5-13-6-14-8(7)16-9;6-5-9-3-1-7-2-8-4(3)10-5/h1-8H3;5-6H,1-4H3;1-2H. The van der Waals surface area contributed by atoms with E-state index in [1.54, 1.807) is 12.4 Å². The minimum Gasteiger partial charge on any atom is -0.425 e. The van der Waals surface area contributed by atoms with Gasteiger partial charge in [0.1, 0.15) is 23.7 Å². The first-order valence-corrected chi connectivity index (χ1v) is 15.8. The van der Waals surface area contributed by atoms with Crippen LogP contribution in [0.5, 0.6) is 0 Å². The second-order valence-corrected chi connectivity index (χ2v) is 15.0. The predicted molar refractivity (Wildman–Crippen MR) is 175 cm³/mol. The van der Waals surface area contributed by atoms with Gasteiger partial charge in [-0.2, -0.15) is 15.0 Å². The minimum atomic E-state index is -0.607. The molecule has 14 nitrogen and oxygen atoms in total. The minimum absolute atomic E-state index is 0.360. The van der Waals surface area contributed by atoms with Crippen molar-refractivity contribution in [3.05, 3.63) is 29.8 Å². The van der Waals surface area contributed by atoms with Gasteiger partial charge in [0.25, 0.3) is 10.5 Å². The van der Waals surface area contributed by atoms with E-state index >= 15 is 0 Å². The number of hydrogen-bond acceptors (Lipinski definition) is 14. The predicted octanol–water partition coefficient (Wildman–Crippen LogP) is 4.55. The molecule has 7 heterocycles. The number of rotatable bonds is 2. The summed E-state index contributed by atoms with van der Waals surface area (Å²) in [5, 5.41) is 0. The molecule has 0 atom stereocenters. The van der Waals surface area contributed by atoms with Gasteiger partial charge in [-0.1, -0.05) is 0 Å². The van der Waals surface area contributed by atoms with Crippen molar-refractivity contribution >= 4 is 65.3 Å². The third-order valence-corrected chi connectivity index (χ3v) is 9.70. The van der Waals surface area contributed by atoms with Crippen molar-refractivity contribution in [3.8, 4) is 0 Å². The molecule has 0 bridgehead atoms. The van der Waals surface area contributed by atoms with Gasteiger partial charge in [0, 0.05) is 15.9 Å². The molecule has 4 aromatic rings. The Balaban J connectivity index is 0.000000142. The summed E-state index contributed by atoms with van der Waals surface area (Å²) in [7, 11) is -1.56. The molecule has 246 valence electrons. The molecule has 46 heavy (non-hydrogen) atoms. The Morgan fingerprint density at radius 3 is 1.28 bits per heavy atom. The summed E-state index contributed by atoms with van der Waals surface area (Å²) >= 11 is 3.08. The van der Waals surface area contributed by atoms with Gasteiger partial charge in [-0.05, 0) is 83.1 Å². The summed E-state index contributed by atoms with van der Waals surface area (Å²) in [5.74, 6) is 0.379. The molecule has 3 fully saturated rings. The summed E-state index contributed by atoms with van der Waals surface area (Å²) in [6.45, 7) is 24.1. The zero-order chi connectivity index (χ0) is 33.9. The van der Waals surface area contributed by atoms with Gasteiger partial charge in [0.05, 0.1) is 46.0 Å². The Morgan fingerprint density at radius 2 is 0.891 bits per heavy atom. The number of halogens is 1. The average Bonchev–Trinajstić information content (AvgIpc) is 3.68. The van der Waals surface area contributed by atoms with E-state index in [1.165, 1.54) is 12.7 Å². The van der Waals surface area contributed by atoms with Gasteiger partial charge < -0.3 is 36.8 Å². The molecule has 0 aliphatic carbocycles. The topological polar surface area (TPSA) is 159 Å². The number of hydrogen-bond donors (Lipinski definition) is 0. The van der Waals surface area contributed by atoms with Crippen molar-refractivity contribution in [1.82, 2.24) is 29.9 Å². The molecule has 3 saturated heterocycles. The van der Waals surface area contributed by atoms with Crippen molar-refractivity contribution in [2.75, 3.05) is 0 Å². The maximum Gasteiger partial charge on any atom is 0.554 e. The molecule has 4 aromatic heterocycles. The molecule has 0 amide bonds. The molecular formula is C28H40B3BrN6O8. The first kappa shape index (κ1) is 34.9. The molecule has 0 spiro atoms. The summed E-state index contributed by atoms with van der Waals surface area (Å²) in [6.07, 6.45) is 6.03. The monoisotopic (exact) mass is 700 g/mol. The molecule has 0 N–H and O–H groups in total. The normalized spacial score (nSPS) is 23.3. The van der Waals surface area contributed by atoms with E-state index in [-0.39, 0.29) is 22.4 Å². The highest BCUT2D eigenvalue weighted by Gasteiger charge is 2.63. The molecule has 0 unspecified atom stereocenters. The lowest BCUT2D eigenvalue weighted by Crippen LogP contribution is -2.41. The second kappa shape index (κ2) is 11.9. The SMILES string of the molecule is Brc1nc2cncnc2o1.CC1(C)OB(B2OC(C)(C)C(C)(C)O2)OC1(C)C.CC1(C)OB(c2nc3cncnc3o2)OC1(C)C. The Morgan fingerprint density at radius 1 is 0.522 bits per heavy atom. The molecule has 0 saturated carbocycles. The van der Waals surface area contributed by atoms with Gasteiger partial charge in [0.2, 0.25) is 11.5 Å². The van der Waals surface area contributed by atoms with Crippen molar-refractivity contribution < 1.29 is 36.8 Å². The number of aromatic nitrogens is 6. The Kier molecular flexibility index (Phi) is 9.02. The van der Waals surface area contributed by atoms with Crippen molar-refractivity contribution in [2.45, 2.75) is 117 Å². The number of fused-ring (bicyclic) bond motifs is 2. The zero-order valence-electron chi connectivity index (χ0n) is 28.4. The van der Waals surface area contributed by atoms with Crippen LogP contribution in [0.3, 0.4) is 0 Å². The smallest absolute Gasteiger partial charge is 0.425 e. The molecule has 0 aromatic carbocycles. The molecule has 3 aliphatic heterocycles. The second-order valence-electron chi connectivity index (χ2n) is 14.3. The van der Waals surface area contributed by atoms with Crippen molar-refractivity contribution in [1.29, 1.82) is 0 Å². The lowest BCUT2D eigenvalue weighted by atomic mass is 9.49. The molecule has 3 aliphatic rings. The van der Waals surface area contributed by atoms with E-state index in [9.17, 15) is 0 Å². The Hall–Kier alpha value is -2.47. The Bertz CT molecular complexity index is 1550. The summed E-state index contributed by atoms with van der Waals surface area (Å²) < 4.78 is 46.1. The van der Waals surface area contributed by atoms with Gasteiger partial charge in [-0.15, -0.1) is 0 Å². The van der Waals surface area contributed by atoms with Crippen LogP contribution in [0, 0.1) is 0 Å². The van der Waals surface area contributed by atoms with Crippen LogP contribution in [-0.4, -0.2) is 84.6 Å². The van der Waals surface area contributed by atoms with E-state index in [4.69, 9.17) is 36.8 Å². The Labute approximate surface area is 278 Å². The maximum atomic E-state index is 5.96. The maximum absolute atomic E-state index is 5.96. The molecule has 18 heteroatoms. The van der Waals surface area contributed by atoms with Crippen LogP contribution in [-0.2, 0) is 27.9 Å². The number of oxazole rings is 2. The van der Waals surface area contributed by atoms with Crippen LogP contribution >= 0.6 is 15.9 Å². The lowest BCUT2D eigenvalue weighted by molar-refractivity contribution is 0.00578. The fraction of sp³-hybridized carbons (Fsp3) is 0.643. The van der Waals surface area contributed by atoms with Gasteiger partial charge >= 0.3 is 21.1 Å². The molecular weight excluding hydrogens is 661 g/mol. The summed E-state index contributed by atoms with van der Waals surface area (Å²) in [4.78, 5) is 24.1. The van der Waals surface area contributed by atoms with Crippen molar-refractivity contribution in [2.24, 2.45) is 0 Å². The van der Waals surface area contributed by atoms with Crippen LogP contribution in [0.1, 0.15) is 83.1 Å². The quantitative estimate of drug-likeness (QED) is 0.268. The average molecular weight is 701 g/mol. The lowest BCUT2D eigenvalue weighted by Gasteiger charge is -2.32. The third-order valence-electron chi connectivity index (χ3n) is 9.36. The van der Waals surface area contributed by atoms with Crippen molar-refractivity contribution in [3.63, 3.8) is 0 Å². The molecule has 0 radical (unpaired) electrons. The highest BCUT2D eigenvalue weighted by atomic mass is 79.9. The third kappa shape index (κ3) is 6.75. The first-order valence-electron chi connectivity index (χ1n) is 15.0. The highest BCUT2D eigenvalue weighted by molar-refractivity contribution is 9.10. The largest absolute Gasteiger partial charge is 0.554 e. The van der Waals surface area contributed by atoms with Gasteiger partial charge in [-0.3, -0.25) is 0 Å². The van der Waals surface area contributed by atoms with E-state index in [1.807, 2.05) is 83.1 Å². The van der Waals surface area contributed by atoms with Crippen LogP contribution in [0.2, 0.25) is 0 Å². The van der Waals surface area contributed by atoms with Crippen LogP contribution in [0.4, 0.5) is 0 Å².